The second kappa shape index (κ2) is 3.83. The Morgan fingerprint density at radius 1 is 1.44 bits per heavy atom. The van der Waals surface area contributed by atoms with Crippen LogP contribution in [-0.4, -0.2) is 18.5 Å². The van der Waals surface area contributed by atoms with Gasteiger partial charge in [0, 0.05) is 19.3 Å². The number of hydrogen-bond donors (Lipinski definition) is 1. The van der Waals surface area contributed by atoms with Crippen molar-refractivity contribution in [3.63, 3.8) is 0 Å². The van der Waals surface area contributed by atoms with E-state index >= 15 is 0 Å². The average molecular weight is 145 g/mol. The maximum Gasteiger partial charge on any atom is 0.0189 e. The van der Waals surface area contributed by atoms with E-state index in [0.29, 0.717) is 0 Å². The first kappa shape index (κ1) is 8.89. The van der Waals surface area contributed by atoms with Gasteiger partial charge in [-0.05, 0) is 25.7 Å². The topological polar surface area (TPSA) is 3.24 Å². The minimum absolute atomic E-state index is 1.05. The first-order valence-corrected chi connectivity index (χ1v) is 3.61. The van der Waals surface area contributed by atoms with Crippen LogP contribution in [0.3, 0.4) is 0 Å². The molecule has 0 spiro atoms. The standard InChI is InChI=1S/C7H15NS/c1-5-8(4)6(2)7(3)9/h9H,5H2,1-4H3/b7-6-. The third-order valence-electron chi connectivity index (χ3n) is 1.57. The molecule has 0 aliphatic carbocycles. The van der Waals surface area contributed by atoms with Gasteiger partial charge in [-0.25, -0.2) is 0 Å². The van der Waals surface area contributed by atoms with Crippen LogP contribution in [0.5, 0.6) is 0 Å². The van der Waals surface area contributed by atoms with Crippen molar-refractivity contribution in [3.05, 3.63) is 10.6 Å². The molecule has 0 aliphatic heterocycles. The number of allylic oxidation sites excluding steroid dienone is 2. The Morgan fingerprint density at radius 3 is 2.00 bits per heavy atom. The molecular weight excluding hydrogens is 130 g/mol. The van der Waals surface area contributed by atoms with Gasteiger partial charge in [-0.1, -0.05) is 0 Å². The molecule has 0 atom stereocenters. The summed E-state index contributed by atoms with van der Waals surface area (Å²) in [4.78, 5) is 3.27. The molecule has 0 aromatic rings. The van der Waals surface area contributed by atoms with Crippen LogP contribution in [0.2, 0.25) is 0 Å². The summed E-state index contributed by atoms with van der Waals surface area (Å²) in [6.45, 7) is 7.25. The quantitative estimate of drug-likeness (QED) is 0.582. The van der Waals surface area contributed by atoms with Gasteiger partial charge in [-0.3, -0.25) is 0 Å². The van der Waals surface area contributed by atoms with Crippen LogP contribution in [0.15, 0.2) is 10.6 Å². The van der Waals surface area contributed by atoms with E-state index in [1.165, 1.54) is 5.70 Å². The highest BCUT2D eigenvalue weighted by Crippen LogP contribution is 2.09. The van der Waals surface area contributed by atoms with E-state index in [-0.39, 0.29) is 0 Å². The molecule has 9 heavy (non-hydrogen) atoms. The molecule has 0 aromatic carbocycles. The maximum atomic E-state index is 4.22. The van der Waals surface area contributed by atoms with Crippen molar-refractivity contribution >= 4 is 12.6 Å². The Kier molecular flexibility index (Phi) is 3.78. The van der Waals surface area contributed by atoms with E-state index in [4.69, 9.17) is 0 Å². The van der Waals surface area contributed by atoms with Crippen LogP contribution in [0.1, 0.15) is 20.8 Å². The van der Waals surface area contributed by atoms with Crippen LogP contribution >= 0.6 is 12.6 Å². The van der Waals surface area contributed by atoms with Gasteiger partial charge >= 0.3 is 0 Å². The summed E-state index contributed by atoms with van der Waals surface area (Å²) in [7, 11) is 2.06. The molecule has 1 nitrogen and oxygen atoms in total. The molecule has 0 unspecified atom stereocenters. The van der Waals surface area contributed by atoms with Crippen molar-refractivity contribution in [2.24, 2.45) is 0 Å². The zero-order chi connectivity index (χ0) is 7.44. The molecule has 54 valence electrons. The molecule has 0 saturated heterocycles. The van der Waals surface area contributed by atoms with Gasteiger partial charge in [0.15, 0.2) is 0 Å². The lowest BCUT2D eigenvalue weighted by Crippen LogP contribution is -2.15. The van der Waals surface area contributed by atoms with E-state index < -0.39 is 0 Å². The Bertz CT molecular complexity index is 114. The van der Waals surface area contributed by atoms with Crippen LogP contribution < -0.4 is 0 Å². The van der Waals surface area contributed by atoms with Gasteiger partial charge in [0.1, 0.15) is 0 Å². The molecule has 0 heterocycles. The first-order valence-electron chi connectivity index (χ1n) is 3.17. The predicted molar refractivity (Wildman–Crippen MR) is 45.7 cm³/mol. The largest absolute Gasteiger partial charge is 0.378 e. The number of hydrogen-bond acceptors (Lipinski definition) is 2. The number of thiol groups is 1. The molecule has 0 fully saturated rings. The third-order valence-corrected chi connectivity index (χ3v) is 1.89. The van der Waals surface area contributed by atoms with Crippen molar-refractivity contribution < 1.29 is 0 Å². The number of nitrogens with zero attached hydrogens (tertiary/aromatic N) is 1. The summed E-state index contributed by atoms with van der Waals surface area (Å²) in [6.07, 6.45) is 0. The molecule has 0 N–H and O–H groups in total. The van der Waals surface area contributed by atoms with Crippen LogP contribution in [0.25, 0.3) is 0 Å². The third kappa shape index (κ3) is 2.80. The Balaban J connectivity index is 4.02. The molecule has 0 amide bonds. The van der Waals surface area contributed by atoms with Crippen molar-refractivity contribution in [2.75, 3.05) is 13.6 Å². The maximum absolute atomic E-state index is 4.22. The van der Waals surface area contributed by atoms with Gasteiger partial charge in [0.25, 0.3) is 0 Å². The highest BCUT2D eigenvalue weighted by Gasteiger charge is 1.95. The molecule has 2 heteroatoms. The normalized spacial score (nSPS) is 13.0. The summed E-state index contributed by atoms with van der Waals surface area (Å²) in [5, 5.41) is 0. The van der Waals surface area contributed by atoms with Crippen molar-refractivity contribution in [1.29, 1.82) is 0 Å². The Labute approximate surface area is 63.2 Å². The van der Waals surface area contributed by atoms with E-state index in [0.717, 1.165) is 11.4 Å². The summed E-state index contributed by atoms with van der Waals surface area (Å²) in [5.41, 5.74) is 1.25. The molecular formula is C7H15NS. The van der Waals surface area contributed by atoms with Crippen molar-refractivity contribution in [3.8, 4) is 0 Å². The molecule has 0 aliphatic rings. The first-order chi connectivity index (χ1) is 4.09. The fraction of sp³-hybridized carbons (Fsp3) is 0.714. The summed E-state index contributed by atoms with van der Waals surface area (Å²) >= 11 is 4.22. The second-order valence-electron chi connectivity index (χ2n) is 2.18. The average Bonchev–Trinajstić information content (AvgIpc) is 1.84. The smallest absolute Gasteiger partial charge is 0.0189 e. The molecule has 0 saturated carbocycles. The van der Waals surface area contributed by atoms with E-state index in [9.17, 15) is 0 Å². The SMILES string of the molecule is CCN(C)/C(C)=C(/C)S. The lowest BCUT2D eigenvalue weighted by molar-refractivity contribution is 0.441. The van der Waals surface area contributed by atoms with Crippen molar-refractivity contribution in [2.45, 2.75) is 20.8 Å². The van der Waals surface area contributed by atoms with Crippen LogP contribution in [0, 0.1) is 0 Å². The van der Waals surface area contributed by atoms with Crippen molar-refractivity contribution in [1.82, 2.24) is 4.90 Å². The highest BCUT2D eigenvalue weighted by atomic mass is 32.1. The lowest BCUT2D eigenvalue weighted by atomic mass is 10.4. The van der Waals surface area contributed by atoms with E-state index in [2.05, 4.69) is 38.4 Å². The second-order valence-corrected chi connectivity index (χ2v) is 2.86. The van der Waals surface area contributed by atoms with Crippen LogP contribution in [0.4, 0.5) is 0 Å². The Hall–Kier alpha value is -0.110. The molecule has 0 bridgehead atoms. The van der Waals surface area contributed by atoms with E-state index in [1.54, 1.807) is 0 Å². The van der Waals surface area contributed by atoms with E-state index in [1.807, 2.05) is 6.92 Å². The lowest BCUT2D eigenvalue weighted by Gasteiger charge is -2.17. The zero-order valence-electron chi connectivity index (χ0n) is 6.60. The summed E-state index contributed by atoms with van der Waals surface area (Å²) < 4.78 is 0. The van der Waals surface area contributed by atoms with Gasteiger partial charge in [-0.2, -0.15) is 0 Å². The number of rotatable bonds is 2. The summed E-state index contributed by atoms with van der Waals surface area (Å²) in [5.74, 6) is 0. The Morgan fingerprint density at radius 2 is 1.89 bits per heavy atom. The minimum atomic E-state index is 1.05. The molecule has 0 radical (unpaired) electrons. The molecule has 0 rings (SSSR count). The predicted octanol–water partition coefficient (Wildman–Crippen LogP) is 2.12. The van der Waals surface area contributed by atoms with Gasteiger partial charge in [0.05, 0.1) is 0 Å². The van der Waals surface area contributed by atoms with Gasteiger partial charge < -0.3 is 4.90 Å². The minimum Gasteiger partial charge on any atom is -0.378 e. The van der Waals surface area contributed by atoms with Crippen LogP contribution in [-0.2, 0) is 0 Å². The zero-order valence-corrected chi connectivity index (χ0v) is 7.50. The fourth-order valence-corrected chi connectivity index (χ4v) is 0.684. The summed E-state index contributed by atoms with van der Waals surface area (Å²) in [6, 6.07) is 0. The fourth-order valence-electron chi connectivity index (χ4n) is 0.513. The highest BCUT2D eigenvalue weighted by molar-refractivity contribution is 7.84. The van der Waals surface area contributed by atoms with Gasteiger partial charge in [0.2, 0.25) is 0 Å². The van der Waals surface area contributed by atoms with Gasteiger partial charge in [-0.15, -0.1) is 12.6 Å². The molecule has 0 aromatic heterocycles. The monoisotopic (exact) mass is 145 g/mol.